The SMILES string of the molecule is C=C(NCC1CC(CCCC)C1)[C@H]1CCCN1C(=O)[C@@H](CC(=S)CN)C(C)(C)C. The van der Waals surface area contributed by atoms with Gasteiger partial charge in [0.25, 0.3) is 0 Å². The van der Waals surface area contributed by atoms with Gasteiger partial charge >= 0.3 is 0 Å². The minimum absolute atomic E-state index is 0.106. The molecule has 2 fully saturated rings. The van der Waals surface area contributed by atoms with Crippen LogP contribution < -0.4 is 11.1 Å². The highest BCUT2D eigenvalue weighted by Crippen LogP contribution is 2.37. The zero-order valence-electron chi connectivity index (χ0n) is 19.1. The summed E-state index contributed by atoms with van der Waals surface area (Å²) in [5, 5.41) is 3.58. The van der Waals surface area contributed by atoms with E-state index in [1.54, 1.807) is 0 Å². The third kappa shape index (κ3) is 6.78. The van der Waals surface area contributed by atoms with Crippen molar-refractivity contribution in [2.24, 2.45) is 28.9 Å². The Hall–Kier alpha value is -0.940. The van der Waals surface area contributed by atoms with Gasteiger partial charge in [-0.1, -0.05) is 65.8 Å². The Morgan fingerprint density at radius 1 is 1.31 bits per heavy atom. The van der Waals surface area contributed by atoms with Gasteiger partial charge in [-0.25, -0.2) is 0 Å². The molecule has 166 valence electrons. The number of carbonyl (C=O) groups is 1. The maximum Gasteiger partial charge on any atom is 0.227 e. The number of thiocarbonyl (C=S) groups is 1. The highest BCUT2D eigenvalue weighted by atomic mass is 32.1. The zero-order chi connectivity index (χ0) is 21.6. The lowest BCUT2D eigenvalue weighted by atomic mass is 9.72. The van der Waals surface area contributed by atoms with Gasteiger partial charge in [-0.05, 0) is 49.4 Å². The van der Waals surface area contributed by atoms with E-state index in [4.69, 9.17) is 18.0 Å². The molecule has 0 unspecified atom stereocenters. The van der Waals surface area contributed by atoms with E-state index < -0.39 is 0 Å². The summed E-state index contributed by atoms with van der Waals surface area (Å²) < 4.78 is 0. The number of amides is 1. The van der Waals surface area contributed by atoms with Gasteiger partial charge in [-0.3, -0.25) is 4.79 Å². The van der Waals surface area contributed by atoms with Gasteiger partial charge in [-0.2, -0.15) is 0 Å². The van der Waals surface area contributed by atoms with Crippen molar-refractivity contribution >= 4 is 23.0 Å². The van der Waals surface area contributed by atoms with E-state index in [0.29, 0.717) is 13.0 Å². The molecule has 1 heterocycles. The summed E-state index contributed by atoms with van der Waals surface area (Å²) in [6, 6.07) is 0.106. The summed E-state index contributed by atoms with van der Waals surface area (Å²) in [5.74, 6) is 1.78. The van der Waals surface area contributed by atoms with E-state index in [-0.39, 0.29) is 23.3 Å². The second-order valence-electron chi connectivity index (χ2n) is 10.3. The van der Waals surface area contributed by atoms with Crippen LogP contribution in [0.3, 0.4) is 0 Å². The molecular weight excluding hydrogens is 378 g/mol. The predicted molar refractivity (Wildman–Crippen MR) is 127 cm³/mol. The van der Waals surface area contributed by atoms with E-state index >= 15 is 0 Å². The third-order valence-electron chi connectivity index (χ3n) is 6.86. The summed E-state index contributed by atoms with van der Waals surface area (Å²) in [6.45, 7) is 15.1. The summed E-state index contributed by atoms with van der Waals surface area (Å²) in [6.07, 6.45) is 9.37. The van der Waals surface area contributed by atoms with E-state index in [9.17, 15) is 4.79 Å². The monoisotopic (exact) mass is 421 g/mol. The number of carbonyl (C=O) groups excluding carboxylic acids is 1. The fourth-order valence-corrected chi connectivity index (χ4v) is 5.00. The first-order valence-electron chi connectivity index (χ1n) is 11.6. The lowest BCUT2D eigenvalue weighted by molar-refractivity contribution is -0.139. The summed E-state index contributed by atoms with van der Waals surface area (Å²) in [5.41, 5.74) is 6.60. The number of unbranched alkanes of at least 4 members (excludes halogenated alkanes) is 1. The van der Waals surface area contributed by atoms with Crippen molar-refractivity contribution in [2.45, 2.75) is 85.1 Å². The van der Waals surface area contributed by atoms with Crippen LogP contribution in [0.5, 0.6) is 0 Å². The molecule has 2 atom stereocenters. The average Bonchev–Trinajstić information content (AvgIpc) is 3.12. The number of rotatable bonds is 11. The predicted octanol–water partition coefficient (Wildman–Crippen LogP) is 4.68. The Bertz CT molecular complexity index is 577. The first-order chi connectivity index (χ1) is 13.7. The Balaban J connectivity index is 1.89. The number of hydrogen-bond donors (Lipinski definition) is 2. The molecule has 2 aliphatic rings. The van der Waals surface area contributed by atoms with Crippen LogP contribution in [0, 0.1) is 23.2 Å². The number of likely N-dealkylation sites (tertiary alicyclic amines) is 1. The normalized spacial score (nSPS) is 25.4. The van der Waals surface area contributed by atoms with Gasteiger partial charge in [0.15, 0.2) is 0 Å². The van der Waals surface area contributed by atoms with Crippen molar-refractivity contribution in [1.82, 2.24) is 10.2 Å². The molecule has 0 aromatic rings. The van der Waals surface area contributed by atoms with Crippen LogP contribution in [-0.2, 0) is 4.79 Å². The summed E-state index contributed by atoms with van der Waals surface area (Å²) in [4.78, 5) is 16.3. The second-order valence-corrected chi connectivity index (χ2v) is 10.9. The molecule has 29 heavy (non-hydrogen) atoms. The molecule has 1 amide bonds. The average molecular weight is 422 g/mol. The van der Waals surface area contributed by atoms with Crippen LogP contribution in [0.15, 0.2) is 12.3 Å². The maximum atomic E-state index is 13.5. The molecule has 4 nitrogen and oxygen atoms in total. The first kappa shape index (κ1) is 24.3. The third-order valence-corrected chi connectivity index (χ3v) is 7.19. The van der Waals surface area contributed by atoms with Crippen LogP contribution >= 0.6 is 12.2 Å². The maximum absolute atomic E-state index is 13.5. The number of nitrogens with two attached hydrogens (primary N) is 1. The van der Waals surface area contributed by atoms with Crippen LogP contribution in [-0.4, -0.2) is 41.3 Å². The van der Waals surface area contributed by atoms with Crippen LogP contribution in [0.2, 0.25) is 0 Å². The molecule has 1 saturated carbocycles. The molecular formula is C24H43N3OS. The molecule has 3 N–H and O–H groups in total. The minimum atomic E-state index is -0.141. The van der Waals surface area contributed by atoms with Gasteiger partial charge in [0.05, 0.1) is 6.04 Å². The Kier molecular flexibility index (Phi) is 9.15. The molecule has 0 bridgehead atoms. The van der Waals surface area contributed by atoms with Crippen molar-refractivity contribution in [3.63, 3.8) is 0 Å². The first-order valence-corrected chi connectivity index (χ1v) is 12.0. The second kappa shape index (κ2) is 10.9. The molecule has 5 heteroatoms. The standard InChI is InChI=1S/C24H43N3OS/c1-6-7-9-18-12-19(13-18)16-26-17(2)22-10-8-11-27(22)23(28)21(24(3,4)5)14-20(29)15-25/h18-19,21-22,26H,2,6-16,25H2,1,3-5H3/t18?,19?,21-,22-/m1/s1. The molecule has 0 aromatic carbocycles. The topological polar surface area (TPSA) is 58.4 Å². The Labute approximate surface area is 184 Å². The summed E-state index contributed by atoms with van der Waals surface area (Å²) >= 11 is 5.38. The van der Waals surface area contributed by atoms with E-state index in [1.807, 2.05) is 0 Å². The van der Waals surface area contributed by atoms with E-state index in [2.05, 4.69) is 44.5 Å². The van der Waals surface area contributed by atoms with Crippen LogP contribution in [0.4, 0.5) is 0 Å². The fourth-order valence-electron chi connectivity index (χ4n) is 4.83. The fraction of sp³-hybridized carbons (Fsp3) is 0.833. The Morgan fingerprint density at radius 2 is 2.00 bits per heavy atom. The van der Waals surface area contributed by atoms with Crippen molar-refractivity contribution < 1.29 is 4.79 Å². The summed E-state index contributed by atoms with van der Waals surface area (Å²) in [7, 11) is 0. The van der Waals surface area contributed by atoms with Gasteiger partial charge in [-0.15, -0.1) is 0 Å². The van der Waals surface area contributed by atoms with E-state index in [1.165, 1.54) is 32.1 Å². The van der Waals surface area contributed by atoms with Gasteiger partial charge in [0.1, 0.15) is 0 Å². The van der Waals surface area contributed by atoms with Crippen molar-refractivity contribution in [2.75, 3.05) is 19.6 Å². The lowest BCUT2D eigenvalue weighted by Gasteiger charge is -2.38. The van der Waals surface area contributed by atoms with Gasteiger partial charge in [0.2, 0.25) is 5.91 Å². The minimum Gasteiger partial charge on any atom is -0.387 e. The molecule has 1 saturated heterocycles. The van der Waals surface area contributed by atoms with Crippen molar-refractivity contribution in [3.8, 4) is 0 Å². The van der Waals surface area contributed by atoms with Crippen LogP contribution in [0.1, 0.15) is 79.1 Å². The van der Waals surface area contributed by atoms with Crippen molar-refractivity contribution in [1.29, 1.82) is 0 Å². The highest BCUT2D eigenvalue weighted by Gasteiger charge is 2.40. The largest absolute Gasteiger partial charge is 0.387 e. The van der Waals surface area contributed by atoms with Gasteiger partial charge in [0, 0.05) is 36.1 Å². The van der Waals surface area contributed by atoms with Gasteiger partial charge < -0.3 is 16.0 Å². The molecule has 0 radical (unpaired) electrons. The molecule has 0 aromatic heterocycles. The Morgan fingerprint density at radius 3 is 2.59 bits per heavy atom. The number of nitrogens with one attached hydrogen (secondary N) is 1. The van der Waals surface area contributed by atoms with E-state index in [0.717, 1.165) is 48.3 Å². The number of hydrogen-bond acceptors (Lipinski definition) is 4. The smallest absolute Gasteiger partial charge is 0.227 e. The van der Waals surface area contributed by atoms with Crippen molar-refractivity contribution in [3.05, 3.63) is 12.3 Å². The molecule has 2 rings (SSSR count). The highest BCUT2D eigenvalue weighted by molar-refractivity contribution is 7.80. The zero-order valence-corrected chi connectivity index (χ0v) is 20.0. The quantitative estimate of drug-likeness (QED) is 0.476. The lowest BCUT2D eigenvalue weighted by Crippen LogP contribution is -2.47. The molecule has 1 aliphatic carbocycles. The molecule has 0 spiro atoms. The van der Waals surface area contributed by atoms with Crippen LogP contribution in [0.25, 0.3) is 0 Å². The number of nitrogens with zero attached hydrogens (tertiary/aromatic N) is 1. The molecule has 1 aliphatic heterocycles.